The topological polar surface area (TPSA) is 123 Å². The lowest BCUT2D eigenvalue weighted by molar-refractivity contribution is -0.137. The number of rotatable bonds is 10. The molecule has 2 aromatic rings. The van der Waals surface area contributed by atoms with Gasteiger partial charge in [0.05, 0.1) is 19.6 Å². The van der Waals surface area contributed by atoms with Gasteiger partial charge in [-0.1, -0.05) is 6.07 Å². The minimum absolute atomic E-state index is 0.131. The summed E-state index contributed by atoms with van der Waals surface area (Å²) >= 11 is 0. The van der Waals surface area contributed by atoms with E-state index in [-0.39, 0.29) is 6.42 Å². The molecule has 1 atom stereocenters. The second-order valence-corrected chi connectivity index (χ2v) is 7.46. The number of carbonyl (C=O) groups is 1. The summed E-state index contributed by atoms with van der Waals surface area (Å²) in [7, 11) is 1.53. The summed E-state index contributed by atoms with van der Waals surface area (Å²) in [6.07, 6.45) is 9.30. The summed E-state index contributed by atoms with van der Waals surface area (Å²) in [5.41, 5.74) is 9.68. The van der Waals surface area contributed by atoms with Crippen LogP contribution in [-0.2, 0) is 17.6 Å². The highest BCUT2D eigenvalue weighted by atomic mass is 16.5. The number of ether oxygens (including phenoxy) is 1. The van der Waals surface area contributed by atoms with Crippen LogP contribution in [0.4, 0.5) is 5.82 Å². The van der Waals surface area contributed by atoms with Gasteiger partial charge in [0.1, 0.15) is 5.82 Å². The number of nitrogens with one attached hydrogen (secondary N) is 1. The van der Waals surface area contributed by atoms with Gasteiger partial charge in [0.2, 0.25) is 5.88 Å². The zero-order chi connectivity index (χ0) is 22.1. The molecule has 4 N–H and O–H groups in total. The molecule has 2 aromatic heterocycles. The maximum absolute atomic E-state index is 11.3. The van der Waals surface area contributed by atoms with Crippen LogP contribution in [0.2, 0.25) is 0 Å². The van der Waals surface area contributed by atoms with Crippen molar-refractivity contribution in [1.82, 2.24) is 9.97 Å². The largest absolute Gasteiger partial charge is 0.481 e. The minimum Gasteiger partial charge on any atom is -0.481 e. The predicted molar refractivity (Wildman–Crippen MR) is 121 cm³/mol. The number of nitrogens with two attached hydrogens (primary N) is 1. The van der Waals surface area contributed by atoms with Crippen LogP contribution in [0.1, 0.15) is 48.5 Å². The average molecular weight is 424 g/mol. The second-order valence-electron chi connectivity index (χ2n) is 7.46. The van der Waals surface area contributed by atoms with Crippen molar-refractivity contribution in [3.8, 4) is 5.88 Å². The maximum atomic E-state index is 11.3. The molecule has 1 unspecified atom stereocenters. The molecule has 3 heterocycles. The molecule has 8 nitrogen and oxygen atoms in total. The number of hydrogen-bond acceptors (Lipinski definition) is 7. The van der Waals surface area contributed by atoms with Crippen LogP contribution in [0.15, 0.2) is 47.2 Å². The molecule has 0 fully saturated rings. The van der Waals surface area contributed by atoms with Crippen LogP contribution < -0.4 is 15.8 Å². The van der Waals surface area contributed by atoms with Crippen molar-refractivity contribution >= 4 is 18.0 Å². The summed E-state index contributed by atoms with van der Waals surface area (Å²) in [6.45, 7) is 0.973. The Hall–Kier alpha value is -3.42. The zero-order valence-electron chi connectivity index (χ0n) is 17.8. The van der Waals surface area contributed by atoms with Crippen molar-refractivity contribution in [2.24, 2.45) is 10.7 Å². The van der Waals surface area contributed by atoms with E-state index in [1.807, 2.05) is 0 Å². The van der Waals surface area contributed by atoms with Crippen LogP contribution in [-0.4, -0.2) is 40.9 Å². The van der Waals surface area contributed by atoms with E-state index in [1.165, 1.54) is 18.9 Å². The number of carboxylic acids is 1. The van der Waals surface area contributed by atoms with Crippen LogP contribution >= 0.6 is 0 Å². The van der Waals surface area contributed by atoms with Crippen molar-refractivity contribution < 1.29 is 14.6 Å². The molecule has 0 spiro atoms. The Morgan fingerprint density at radius 3 is 2.97 bits per heavy atom. The molecule has 0 amide bonds. The predicted octanol–water partition coefficient (Wildman–Crippen LogP) is 3.30. The number of aromatic nitrogens is 2. The third kappa shape index (κ3) is 6.53. The molecule has 0 saturated carbocycles. The van der Waals surface area contributed by atoms with Crippen LogP contribution in [0.3, 0.4) is 0 Å². The van der Waals surface area contributed by atoms with Crippen LogP contribution in [0.5, 0.6) is 5.88 Å². The zero-order valence-corrected chi connectivity index (χ0v) is 17.8. The molecule has 3 rings (SSSR count). The normalized spacial score (nSPS) is 14.7. The van der Waals surface area contributed by atoms with Gasteiger partial charge >= 0.3 is 5.97 Å². The first kappa shape index (κ1) is 22.3. The van der Waals surface area contributed by atoms with Gasteiger partial charge in [0, 0.05) is 30.7 Å². The Morgan fingerprint density at radius 2 is 2.26 bits per heavy atom. The Morgan fingerprint density at radius 1 is 1.39 bits per heavy atom. The van der Waals surface area contributed by atoms with E-state index in [9.17, 15) is 9.90 Å². The lowest BCUT2D eigenvalue weighted by Gasteiger charge is -2.17. The second kappa shape index (κ2) is 11.1. The van der Waals surface area contributed by atoms with Gasteiger partial charge in [-0.2, -0.15) is 0 Å². The number of anilines is 1. The number of methoxy groups -OCH3 is 1. The van der Waals surface area contributed by atoms with Gasteiger partial charge in [0.25, 0.3) is 0 Å². The quantitative estimate of drug-likeness (QED) is 0.501. The highest BCUT2D eigenvalue weighted by molar-refractivity contribution is 5.79. The molecular weight excluding hydrogens is 394 g/mol. The van der Waals surface area contributed by atoms with Crippen molar-refractivity contribution in [2.45, 2.75) is 44.6 Å². The van der Waals surface area contributed by atoms with E-state index in [2.05, 4.69) is 27.4 Å². The number of allylic oxidation sites excluding steroid dienone is 1. The fourth-order valence-corrected chi connectivity index (χ4v) is 3.49. The molecule has 1 aliphatic rings. The Labute approximate surface area is 182 Å². The molecule has 0 aromatic carbocycles. The average Bonchev–Trinajstić information content (AvgIpc) is 2.80. The summed E-state index contributed by atoms with van der Waals surface area (Å²) < 4.78 is 5.06. The van der Waals surface area contributed by atoms with E-state index in [4.69, 9.17) is 15.5 Å². The van der Waals surface area contributed by atoms with Crippen molar-refractivity contribution in [3.63, 3.8) is 0 Å². The standard InChI is InChI=1S/C23H29N5O3/c1-31-21-10-8-18(15-27-21)20(12-22(29)30)26-14-16(13-24)4-2-6-19-9-7-17-5-3-11-25-23(17)28-19/h7-10,13-15,20H,2-6,11-12,24H2,1H3,(H,25,28)(H,29,30). The number of hydrogen-bond donors (Lipinski definition) is 3. The van der Waals surface area contributed by atoms with E-state index >= 15 is 0 Å². The van der Waals surface area contributed by atoms with Gasteiger partial charge in [-0.15, -0.1) is 0 Å². The van der Waals surface area contributed by atoms with Gasteiger partial charge in [0.15, 0.2) is 0 Å². The fraction of sp³-hybridized carbons (Fsp3) is 0.391. The van der Waals surface area contributed by atoms with E-state index < -0.39 is 12.0 Å². The molecule has 0 bridgehead atoms. The van der Waals surface area contributed by atoms with Gasteiger partial charge in [-0.25, -0.2) is 9.97 Å². The molecule has 8 heteroatoms. The van der Waals surface area contributed by atoms with Crippen molar-refractivity contribution in [1.29, 1.82) is 0 Å². The number of pyridine rings is 2. The van der Waals surface area contributed by atoms with E-state index in [0.29, 0.717) is 11.4 Å². The number of fused-ring (bicyclic) bond motifs is 1. The van der Waals surface area contributed by atoms with E-state index in [1.54, 1.807) is 24.5 Å². The third-order valence-corrected chi connectivity index (χ3v) is 5.21. The fourth-order valence-electron chi connectivity index (χ4n) is 3.49. The maximum Gasteiger partial charge on any atom is 0.305 e. The first-order chi connectivity index (χ1) is 15.1. The molecule has 31 heavy (non-hydrogen) atoms. The Kier molecular flexibility index (Phi) is 7.98. The molecular formula is C23H29N5O3. The van der Waals surface area contributed by atoms with E-state index in [0.717, 1.165) is 55.7 Å². The van der Waals surface area contributed by atoms with Crippen molar-refractivity contribution in [2.75, 3.05) is 19.0 Å². The molecule has 0 aliphatic carbocycles. The highest BCUT2D eigenvalue weighted by Crippen LogP contribution is 2.23. The number of aryl methyl sites for hydroxylation is 2. The summed E-state index contributed by atoms with van der Waals surface area (Å²) in [6, 6.07) is 7.17. The number of aliphatic carboxylic acids is 1. The number of nitrogens with zero attached hydrogens (tertiary/aromatic N) is 3. The number of aliphatic imine (C=N–C) groups is 1. The Bertz CT molecular complexity index is 941. The minimum atomic E-state index is -0.927. The van der Waals surface area contributed by atoms with Crippen LogP contribution in [0, 0.1) is 0 Å². The summed E-state index contributed by atoms with van der Waals surface area (Å²) in [5, 5.41) is 12.6. The van der Waals surface area contributed by atoms with Gasteiger partial charge in [-0.3, -0.25) is 9.79 Å². The molecule has 0 saturated heterocycles. The monoisotopic (exact) mass is 423 g/mol. The molecule has 1 aliphatic heterocycles. The van der Waals surface area contributed by atoms with Crippen LogP contribution in [0.25, 0.3) is 0 Å². The first-order valence-electron chi connectivity index (χ1n) is 10.5. The smallest absolute Gasteiger partial charge is 0.305 e. The summed E-state index contributed by atoms with van der Waals surface area (Å²) in [5.74, 6) is 0.545. The van der Waals surface area contributed by atoms with Gasteiger partial charge < -0.3 is 20.9 Å². The first-order valence-corrected chi connectivity index (χ1v) is 10.5. The highest BCUT2D eigenvalue weighted by Gasteiger charge is 2.15. The molecule has 164 valence electrons. The SMILES string of the molecule is COc1ccc(C(CC(=O)O)N=CC(=CN)CCCc2ccc3c(n2)NCCC3)cn1. The van der Waals surface area contributed by atoms with Crippen molar-refractivity contribution in [3.05, 3.63) is 59.1 Å². The lowest BCUT2D eigenvalue weighted by atomic mass is 10.0. The molecule has 0 radical (unpaired) electrons. The number of carboxylic acid groups (broad SMARTS) is 1. The lowest BCUT2D eigenvalue weighted by Crippen LogP contribution is -2.14. The third-order valence-electron chi connectivity index (χ3n) is 5.21. The Balaban J connectivity index is 1.59. The summed E-state index contributed by atoms with van der Waals surface area (Å²) in [4.78, 5) is 24.6. The van der Waals surface area contributed by atoms with Gasteiger partial charge in [-0.05, 0) is 67.1 Å².